The summed E-state index contributed by atoms with van der Waals surface area (Å²) in [7, 11) is -1.83. The molecule has 0 saturated carbocycles. The van der Waals surface area contributed by atoms with Gasteiger partial charge in [-0.25, -0.2) is 13.1 Å². The molecular formula is C24H20N6O3S. The first-order valence-electron chi connectivity index (χ1n) is 10.4. The molecule has 5 rings (SSSR count). The van der Waals surface area contributed by atoms with Crippen molar-refractivity contribution >= 4 is 31.7 Å². The van der Waals surface area contributed by atoms with Crippen LogP contribution in [0.5, 0.6) is 0 Å². The van der Waals surface area contributed by atoms with E-state index in [-0.39, 0.29) is 17.7 Å². The lowest BCUT2D eigenvalue weighted by Crippen LogP contribution is -2.25. The average Bonchev–Trinajstić information content (AvgIpc) is 3.22. The first-order chi connectivity index (χ1) is 16.4. The zero-order chi connectivity index (χ0) is 23.7. The third kappa shape index (κ3) is 4.54. The largest absolute Gasteiger partial charge is 0.289 e. The van der Waals surface area contributed by atoms with Gasteiger partial charge >= 0.3 is 0 Å². The summed E-state index contributed by atoms with van der Waals surface area (Å²) >= 11 is 0. The molecule has 9 nitrogen and oxygen atoms in total. The molecule has 0 spiro atoms. The molecule has 1 N–H and O–H groups in total. The molecule has 170 valence electrons. The van der Waals surface area contributed by atoms with Gasteiger partial charge in [0.05, 0.1) is 29.7 Å². The number of sulfonamides is 1. The van der Waals surface area contributed by atoms with Crippen LogP contribution in [-0.2, 0) is 29.4 Å². The fourth-order valence-electron chi connectivity index (χ4n) is 3.74. The maximum atomic E-state index is 13.5. The van der Waals surface area contributed by atoms with E-state index in [0.717, 1.165) is 11.1 Å². The van der Waals surface area contributed by atoms with E-state index in [1.165, 1.54) is 18.6 Å². The Hall–Kier alpha value is -4.02. The summed E-state index contributed by atoms with van der Waals surface area (Å²) in [6, 6.07) is 10.5. The number of aromatic nitrogens is 5. The van der Waals surface area contributed by atoms with E-state index < -0.39 is 10.0 Å². The van der Waals surface area contributed by atoms with Gasteiger partial charge < -0.3 is 0 Å². The van der Waals surface area contributed by atoms with Crippen molar-refractivity contribution in [1.29, 1.82) is 0 Å². The zero-order valence-electron chi connectivity index (χ0n) is 18.2. The highest BCUT2D eigenvalue weighted by Gasteiger charge is 2.14. The molecule has 10 heteroatoms. The lowest BCUT2D eigenvalue weighted by Gasteiger charge is -2.07. The van der Waals surface area contributed by atoms with Gasteiger partial charge in [0.15, 0.2) is 5.43 Å². The highest BCUT2D eigenvalue weighted by atomic mass is 32.2. The van der Waals surface area contributed by atoms with Gasteiger partial charge in [-0.1, -0.05) is 18.2 Å². The predicted molar refractivity (Wildman–Crippen MR) is 129 cm³/mol. The number of hydrogen-bond acceptors (Lipinski definition) is 7. The summed E-state index contributed by atoms with van der Waals surface area (Å²) in [4.78, 5) is 25.9. The summed E-state index contributed by atoms with van der Waals surface area (Å²) in [5, 5.41) is 5.77. The number of pyridine rings is 1. The highest BCUT2D eigenvalue weighted by molar-refractivity contribution is 7.88. The van der Waals surface area contributed by atoms with Crippen LogP contribution in [0.4, 0.5) is 0 Å². The van der Waals surface area contributed by atoms with Crippen LogP contribution < -0.4 is 10.2 Å². The Bertz CT molecular complexity index is 1680. The van der Waals surface area contributed by atoms with Crippen molar-refractivity contribution in [3.05, 3.63) is 95.1 Å². The van der Waals surface area contributed by atoms with Crippen molar-refractivity contribution in [2.75, 3.05) is 0 Å². The number of hydrogen-bond donors (Lipinski definition) is 1. The molecule has 0 fully saturated rings. The Labute approximate surface area is 195 Å². The molecule has 0 aliphatic heterocycles. The lowest BCUT2D eigenvalue weighted by atomic mass is 10.1. The Morgan fingerprint density at radius 2 is 1.79 bits per heavy atom. The van der Waals surface area contributed by atoms with Gasteiger partial charge in [-0.15, -0.1) is 0 Å². The fourth-order valence-corrected chi connectivity index (χ4v) is 4.83. The molecule has 0 saturated heterocycles. The van der Waals surface area contributed by atoms with E-state index in [1.54, 1.807) is 47.4 Å². The SMILES string of the molecule is Cn1cc(-c2cnc3ccc4ccc(CS(=O)(=O)NCc5cnccn5)cc4c(=O)c3c2)cn1. The molecule has 0 aliphatic carbocycles. The van der Waals surface area contributed by atoms with Crippen molar-refractivity contribution in [2.45, 2.75) is 12.3 Å². The molecule has 5 aromatic rings. The van der Waals surface area contributed by atoms with E-state index in [9.17, 15) is 13.2 Å². The molecular weight excluding hydrogens is 452 g/mol. The quantitative estimate of drug-likeness (QED) is 0.403. The van der Waals surface area contributed by atoms with Gasteiger partial charge in [-0.2, -0.15) is 5.10 Å². The molecule has 0 bridgehead atoms. The van der Waals surface area contributed by atoms with Gasteiger partial charge in [0.1, 0.15) is 0 Å². The van der Waals surface area contributed by atoms with Crippen LogP contribution in [0.1, 0.15) is 11.3 Å². The molecule has 2 aromatic carbocycles. The zero-order valence-corrected chi connectivity index (χ0v) is 19.0. The Balaban J connectivity index is 1.51. The molecule has 0 atom stereocenters. The molecule has 0 radical (unpaired) electrons. The first kappa shape index (κ1) is 21.8. The van der Waals surface area contributed by atoms with Gasteiger partial charge in [-0.3, -0.25) is 24.4 Å². The van der Waals surface area contributed by atoms with E-state index in [0.29, 0.717) is 32.9 Å². The first-order valence-corrected chi connectivity index (χ1v) is 12.1. The second kappa shape index (κ2) is 8.73. The summed E-state index contributed by atoms with van der Waals surface area (Å²) < 4.78 is 29.4. The van der Waals surface area contributed by atoms with Crippen molar-refractivity contribution < 1.29 is 8.42 Å². The van der Waals surface area contributed by atoms with Crippen LogP contribution in [-0.4, -0.2) is 33.2 Å². The van der Waals surface area contributed by atoms with E-state index in [2.05, 4.69) is 24.8 Å². The summed E-state index contributed by atoms with van der Waals surface area (Å²) in [6.07, 6.45) is 9.80. The molecule has 0 aliphatic rings. The Kier molecular flexibility index (Phi) is 5.60. The fraction of sp³-hybridized carbons (Fsp3) is 0.125. The second-order valence-corrected chi connectivity index (χ2v) is 9.73. The summed E-state index contributed by atoms with van der Waals surface area (Å²) in [6.45, 7) is 0.0406. The minimum Gasteiger partial charge on any atom is -0.289 e. The molecule has 3 heterocycles. The topological polar surface area (TPSA) is 120 Å². The minimum atomic E-state index is -3.66. The van der Waals surface area contributed by atoms with Gasteiger partial charge in [0, 0.05) is 59.9 Å². The van der Waals surface area contributed by atoms with Gasteiger partial charge in [0.25, 0.3) is 0 Å². The van der Waals surface area contributed by atoms with Crippen LogP contribution in [0.2, 0.25) is 0 Å². The number of fused-ring (bicyclic) bond motifs is 2. The molecule has 0 amide bonds. The van der Waals surface area contributed by atoms with Crippen molar-refractivity contribution in [2.24, 2.45) is 7.05 Å². The molecule has 0 unspecified atom stereocenters. The normalized spacial score (nSPS) is 11.8. The minimum absolute atomic E-state index is 0.0406. The third-order valence-corrected chi connectivity index (χ3v) is 6.73. The standard InChI is InChI=1S/C24H20N6O3S/c1-30-14-19(11-28-30)18-9-22-23(27-10-18)5-4-17-3-2-16(8-21(17)24(22)31)15-34(32,33)29-13-20-12-25-6-7-26-20/h2-12,14,29H,13,15H2,1H3. The van der Waals surface area contributed by atoms with Crippen molar-refractivity contribution in [3.8, 4) is 11.1 Å². The van der Waals surface area contributed by atoms with Crippen LogP contribution >= 0.6 is 0 Å². The average molecular weight is 473 g/mol. The van der Waals surface area contributed by atoms with E-state index in [4.69, 9.17) is 0 Å². The second-order valence-electron chi connectivity index (χ2n) is 7.92. The number of rotatable bonds is 6. The summed E-state index contributed by atoms with van der Waals surface area (Å²) in [5.41, 5.74) is 3.01. The lowest BCUT2D eigenvalue weighted by molar-refractivity contribution is 0.579. The van der Waals surface area contributed by atoms with Crippen molar-refractivity contribution in [1.82, 2.24) is 29.5 Å². The Morgan fingerprint density at radius 3 is 2.56 bits per heavy atom. The highest BCUT2D eigenvalue weighted by Crippen LogP contribution is 2.22. The smallest absolute Gasteiger partial charge is 0.216 e. The van der Waals surface area contributed by atoms with Crippen LogP contribution in [0.25, 0.3) is 32.8 Å². The third-order valence-electron chi connectivity index (χ3n) is 5.43. The maximum absolute atomic E-state index is 13.5. The van der Waals surface area contributed by atoms with Crippen LogP contribution in [0, 0.1) is 0 Å². The van der Waals surface area contributed by atoms with E-state index >= 15 is 0 Å². The van der Waals surface area contributed by atoms with Crippen molar-refractivity contribution in [3.63, 3.8) is 0 Å². The van der Waals surface area contributed by atoms with Gasteiger partial charge in [0.2, 0.25) is 10.0 Å². The monoisotopic (exact) mass is 472 g/mol. The molecule has 3 aromatic heterocycles. The maximum Gasteiger partial charge on any atom is 0.216 e. The number of aryl methyl sites for hydroxylation is 1. The van der Waals surface area contributed by atoms with Crippen LogP contribution in [0.3, 0.4) is 0 Å². The van der Waals surface area contributed by atoms with Gasteiger partial charge in [-0.05, 0) is 29.1 Å². The molecule has 34 heavy (non-hydrogen) atoms. The van der Waals surface area contributed by atoms with Crippen LogP contribution in [0.15, 0.2) is 78.4 Å². The number of nitrogens with zero attached hydrogens (tertiary/aromatic N) is 5. The number of nitrogens with one attached hydrogen (secondary N) is 1. The predicted octanol–water partition coefficient (Wildman–Crippen LogP) is 2.56. The summed E-state index contributed by atoms with van der Waals surface area (Å²) in [5.74, 6) is -0.266. The van der Waals surface area contributed by atoms with E-state index in [1.807, 2.05) is 19.3 Å². The Morgan fingerprint density at radius 1 is 0.941 bits per heavy atom. The number of benzene rings is 1.